The summed E-state index contributed by atoms with van der Waals surface area (Å²) < 4.78 is 0. The predicted molar refractivity (Wildman–Crippen MR) is 95.5 cm³/mol. The minimum atomic E-state index is 0. The second-order valence-electron chi connectivity index (χ2n) is 6.18. The number of hydrogen-bond donors (Lipinski definition) is 1. The van der Waals surface area contributed by atoms with Crippen molar-refractivity contribution in [2.45, 2.75) is 24.8 Å². The van der Waals surface area contributed by atoms with Gasteiger partial charge in [0.25, 0.3) is 0 Å². The van der Waals surface area contributed by atoms with E-state index < -0.39 is 0 Å². The van der Waals surface area contributed by atoms with Crippen LogP contribution < -0.4 is 0 Å². The van der Waals surface area contributed by atoms with Gasteiger partial charge in [-0.25, -0.2) is 0 Å². The molecule has 0 amide bonds. The first-order chi connectivity index (χ1) is 10.1. The van der Waals surface area contributed by atoms with Crippen LogP contribution in [0.15, 0.2) is 36.4 Å². The van der Waals surface area contributed by atoms with Crippen molar-refractivity contribution in [2.24, 2.45) is 0 Å². The quantitative estimate of drug-likeness (QED) is 0.741. The molecule has 2 aromatic carbocycles. The molecular weight excluding hydrogens is 362 g/mol. The number of fused-ring (bicyclic) bond motifs is 5. The Kier molecular flexibility index (Phi) is 4.23. The van der Waals surface area contributed by atoms with Crippen LogP contribution in [0.4, 0.5) is 0 Å². The summed E-state index contributed by atoms with van der Waals surface area (Å²) >= 11 is 6.11. The minimum Gasteiger partial charge on any atom is -0.506 e. The van der Waals surface area contributed by atoms with Crippen LogP contribution in [0.5, 0.6) is 5.75 Å². The summed E-state index contributed by atoms with van der Waals surface area (Å²) in [7, 11) is 2.21. The third-order valence-corrected chi connectivity index (χ3v) is 5.35. The van der Waals surface area contributed by atoms with Gasteiger partial charge in [0, 0.05) is 18.5 Å². The summed E-state index contributed by atoms with van der Waals surface area (Å²) in [6.45, 7) is 1.03. The average Bonchev–Trinajstić information content (AvgIpc) is 2.81. The summed E-state index contributed by atoms with van der Waals surface area (Å²) in [5.74, 6) is 0.537. The van der Waals surface area contributed by atoms with Crippen LogP contribution in [0.3, 0.4) is 0 Å². The van der Waals surface area contributed by atoms with Crippen molar-refractivity contribution in [3.63, 3.8) is 0 Å². The Balaban J connectivity index is 0.00000144. The number of nitrogens with zero attached hydrogens (tertiary/aromatic N) is 1. The van der Waals surface area contributed by atoms with E-state index in [2.05, 4.69) is 36.2 Å². The maximum Gasteiger partial charge on any atom is 0.134 e. The van der Waals surface area contributed by atoms with E-state index in [1.165, 1.54) is 22.3 Å². The molecule has 0 saturated carbocycles. The van der Waals surface area contributed by atoms with Gasteiger partial charge in [0.05, 0.1) is 5.02 Å². The minimum absolute atomic E-state index is 0. The Morgan fingerprint density at radius 3 is 2.73 bits per heavy atom. The first kappa shape index (κ1) is 15.9. The SMILES string of the molecule is Br.CN1CCc2cc(Cl)c(O)cc2[C@H]2c3ccccc3C[C@@H]21. The highest BCUT2D eigenvalue weighted by atomic mass is 79.9. The molecule has 2 aromatic rings. The van der Waals surface area contributed by atoms with E-state index in [9.17, 15) is 5.11 Å². The molecule has 2 atom stereocenters. The van der Waals surface area contributed by atoms with Crippen LogP contribution in [0.25, 0.3) is 0 Å². The first-order valence-corrected chi connectivity index (χ1v) is 7.82. The van der Waals surface area contributed by atoms with Crippen molar-refractivity contribution in [1.29, 1.82) is 0 Å². The highest BCUT2D eigenvalue weighted by molar-refractivity contribution is 8.93. The Hall–Kier alpha value is -1.03. The third kappa shape index (κ3) is 2.36. The molecule has 116 valence electrons. The molecule has 4 heteroatoms. The van der Waals surface area contributed by atoms with Crippen molar-refractivity contribution in [1.82, 2.24) is 4.90 Å². The summed E-state index contributed by atoms with van der Waals surface area (Å²) in [6.07, 6.45) is 2.07. The van der Waals surface area contributed by atoms with Gasteiger partial charge < -0.3 is 10.0 Å². The fraction of sp³-hybridized carbons (Fsp3) is 0.333. The van der Waals surface area contributed by atoms with Gasteiger partial charge in [-0.3, -0.25) is 0 Å². The van der Waals surface area contributed by atoms with Crippen molar-refractivity contribution >= 4 is 28.6 Å². The maximum atomic E-state index is 10.1. The van der Waals surface area contributed by atoms with E-state index in [0.29, 0.717) is 17.0 Å². The fourth-order valence-electron chi connectivity index (χ4n) is 3.95. The van der Waals surface area contributed by atoms with E-state index in [-0.39, 0.29) is 22.7 Å². The Morgan fingerprint density at radius 2 is 1.91 bits per heavy atom. The van der Waals surface area contributed by atoms with Gasteiger partial charge in [0.2, 0.25) is 0 Å². The zero-order chi connectivity index (χ0) is 14.6. The Bertz CT molecular complexity index is 718. The molecule has 1 heterocycles. The molecule has 4 rings (SSSR count). The second kappa shape index (κ2) is 5.88. The molecular formula is C18H19BrClNO. The van der Waals surface area contributed by atoms with E-state index in [4.69, 9.17) is 11.6 Å². The second-order valence-corrected chi connectivity index (χ2v) is 6.59. The summed E-state index contributed by atoms with van der Waals surface area (Å²) in [4.78, 5) is 2.45. The van der Waals surface area contributed by atoms with Crippen molar-refractivity contribution in [3.05, 3.63) is 63.7 Å². The van der Waals surface area contributed by atoms with E-state index in [0.717, 1.165) is 19.4 Å². The molecule has 2 nitrogen and oxygen atoms in total. The topological polar surface area (TPSA) is 23.5 Å². The molecule has 0 unspecified atom stereocenters. The summed E-state index contributed by atoms with van der Waals surface area (Å²) in [5, 5.41) is 10.5. The standard InChI is InChI=1S/C18H18ClNO.BrH/c1-20-7-6-12-8-15(19)17(21)10-14(12)18-13-5-3-2-4-11(13)9-16(18)20;/h2-5,8,10,16,18,21H,6-7,9H2,1H3;1H/t16-,18+;/m0./s1. The predicted octanol–water partition coefficient (Wildman–Crippen LogP) is 4.17. The highest BCUT2D eigenvalue weighted by Gasteiger charge is 2.38. The van der Waals surface area contributed by atoms with Gasteiger partial charge in [-0.05, 0) is 54.3 Å². The largest absolute Gasteiger partial charge is 0.506 e. The highest BCUT2D eigenvalue weighted by Crippen LogP contribution is 2.45. The van der Waals surface area contributed by atoms with Gasteiger partial charge in [-0.1, -0.05) is 35.9 Å². The molecule has 1 N–H and O–H groups in total. The fourth-order valence-corrected chi connectivity index (χ4v) is 4.13. The number of aromatic hydroxyl groups is 1. The molecule has 0 fully saturated rings. The lowest BCUT2D eigenvalue weighted by Crippen LogP contribution is -2.34. The molecule has 22 heavy (non-hydrogen) atoms. The lowest BCUT2D eigenvalue weighted by atomic mass is 9.87. The first-order valence-electron chi connectivity index (χ1n) is 7.44. The number of phenolic OH excluding ortho intramolecular Hbond substituents is 1. The van der Waals surface area contributed by atoms with E-state index in [1.807, 2.05) is 12.1 Å². The molecule has 0 bridgehead atoms. The van der Waals surface area contributed by atoms with E-state index in [1.54, 1.807) is 0 Å². The lowest BCUT2D eigenvalue weighted by molar-refractivity contribution is 0.244. The summed E-state index contributed by atoms with van der Waals surface area (Å²) in [6, 6.07) is 13.0. The number of benzene rings is 2. The third-order valence-electron chi connectivity index (χ3n) is 5.05. The lowest BCUT2D eigenvalue weighted by Gasteiger charge is -2.27. The molecule has 1 aliphatic heterocycles. The van der Waals surface area contributed by atoms with Crippen LogP contribution in [0, 0.1) is 0 Å². The Morgan fingerprint density at radius 1 is 1.14 bits per heavy atom. The average molecular weight is 381 g/mol. The number of likely N-dealkylation sites (N-methyl/N-ethyl adjacent to an activating group) is 1. The van der Waals surface area contributed by atoms with Crippen molar-refractivity contribution in [3.8, 4) is 5.75 Å². The van der Waals surface area contributed by atoms with Crippen LogP contribution in [0.2, 0.25) is 5.02 Å². The van der Waals surface area contributed by atoms with Gasteiger partial charge in [-0.15, -0.1) is 17.0 Å². The molecule has 0 aromatic heterocycles. The number of halogens is 2. The smallest absolute Gasteiger partial charge is 0.134 e. The Labute approximate surface area is 146 Å². The van der Waals surface area contributed by atoms with Gasteiger partial charge >= 0.3 is 0 Å². The molecule has 0 spiro atoms. The maximum absolute atomic E-state index is 10.1. The van der Waals surface area contributed by atoms with E-state index >= 15 is 0 Å². The number of hydrogen-bond acceptors (Lipinski definition) is 2. The zero-order valence-electron chi connectivity index (χ0n) is 12.4. The molecule has 0 radical (unpaired) electrons. The normalized spacial score (nSPS) is 23.0. The van der Waals surface area contributed by atoms with Gasteiger partial charge in [-0.2, -0.15) is 0 Å². The number of phenols is 1. The van der Waals surface area contributed by atoms with Crippen LogP contribution in [0.1, 0.15) is 28.2 Å². The molecule has 2 aliphatic rings. The molecule has 1 aliphatic carbocycles. The monoisotopic (exact) mass is 379 g/mol. The van der Waals surface area contributed by atoms with Crippen LogP contribution in [-0.4, -0.2) is 29.6 Å². The van der Waals surface area contributed by atoms with Gasteiger partial charge in [0.15, 0.2) is 0 Å². The summed E-state index contributed by atoms with van der Waals surface area (Å²) in [5.41, 5.74) is 5.35. The van der Waals surface area contributed by atoms with Crippen LogP contribution in [-0.2, 0) is 12.8 Å². The van der Waals surface area contributed by atoms with Gasteiger partial charge in [0.1, 0.15) is 5.75 Å². The number of rotatable bonds is 0. The molecule has 0 saturated heterocycles. The van der Waals surface area contributed by atoms with Crippen molar-refractivity contribution < 1.29 is 5.11 Å². The van der Waals surface area contributed by atoms with Crippen molar-refractivity contribution in [2.75, 3.05) is 13.6 Å². The van der Waals surface area contributed by atoms with Crippen LogP contribution >= 0.6 is 28.6 Å². The zero-order valence-corrected chi connectivity index (χ0v) is 14.9.